The van der Waals surface area contributed by atoms with Crippen LogP contribution in [0.3, 0.4) is 0 Å². The third-order valence-corrected chi connectivity index (χ3v) is 6.03. The summed E-state index contributed by atoms with van der Waals surface area (Å²) >= 11 is 0. The maximum atomic E-state index is 11.0. The quantitative estimate of drug-likeness (QED) is 0.0373. The van der Waals surface area contributed by atoms with Gasteiger partial charge in [-0.3, -0.25) is 0 Å². The van der Waals surface area contributed by atoms with E-state index in [4.69, 9.17) is 56.8 Å². The minimum atomic E-state index is -0.473. The van der Waals surface area contributed by atoms with E-state index in [2.05, 4.69) is 48.9 Å². The summed E-state index contributed by atoms with van der Waals surface area (Å²) in [6.45, 7) is 30.2. The van der Waals surface area contributed by atoms with Crippen LogP contribution in [0.2, 0.25) is 0 Å². The summed E-state index contributed by atoms with van der Waals surface area (Å²) in [5.41, 5.74) is 0.727. The second kappa shape index (κ2) is 48.6. The molecular formula is C42H66O20. The molecule has 0 saturated heterocycles. The highest BCUT2D eigenvalue weighted by molar-refractivity contribution is 5.87. The zero-order chi connectivity index (χ0) is 46.9. The van der Waals surface area contributed by atoms with Crippen LogP contribution in [0.15, 0.2) is 74.9 Å². The first-order valence-corrected chi connectivity index (χ1v) is 19.3. The maximum Gasteiger partial charge on any atom is 0.333 e. The van der Waals surface area contributed by atoms with Gasteiger partial charge >= 0.3 is 35.8 Å². The van der Waals surface area contributed by atoms with E-state index >= 15 is 0 Å². The average molecular weight is 891 g/mol. The smallest absolute Gasteiger partial charge is 0.333 e. The Labute approximate surface area is 364 Å². The fourth-order valence-electron chi connectivity index (χ4n) is 3.08. The van der Waals surface area contributed by atoms with Crippen molar-refractivity contribution >= 4 is 35.8 Å². The topological polar surface area (TPSA) is 232 Å². The molecule has 20 heteroatoms. The third kappa shape index (κ3) is 51.1. The van der Waals surface area contributed by atoms with Crippen molar-refractivity contribution in [1.29, 1.82) is 0 Å². The Morgan fingerprint density at radius 2 is 0.435 bits per heavy atom. The monoisotopic (exact) mass is 890 g/mol. The van der Waals surface area contributed by atoms with Gasteiger partial charge in [0.25, 0.3) is 0 Å². The Kier molecular flexibility index (Phi) is 48.0. The number of ether oxygens (including phenoxy) is 14. The first-order valence-electron chi connectivity index (χ1n) is 19.3. The number of rotatable bonds is 39. The Morgan fingerprint density at radius 3 is 0.581 bits per heavy atom. The highest BCUT2D eigenvalue weighted by Crippen LogP contribution is 1.93. The molecule has 0 bridgehead atoms. The Balaban J connectivity index is -0.000000849. The molecule has 0 N–H and O–H groups in total. The zero-order valence-electron chi connectivity index (χ0n) is 36.3. The normalized spacial score (nSPS) is 9.90. The van der Waals surface area contributed by atoms with Crippen molar-refractivity contribution in [3.8, 4) is 0 Å². The lowest BCUT2D eigenvalue weighted by molar-refractivity contribution is -0.141. The maximum absolute atomic E-state index is 11.0. The van der Waals surface area contributed by atoms with Crippen LogP contribution in [0.1, 0.15) is 13.8 Å². The van der Waals surface area contributed by atoms with E-state index in [0.29, 0.717) is 117 Å². The highest BCUT2D eigenvalue weighted by Gasteiger charge is 2.04. The average Bonchev–Trinajstić information content (AvgIpc) is 3.26. The summed E-state index contributed by atoms with van der Waals surface area (Å²) < 4.78 is 70.0. The largest absolute Gasteiger partial charge is 0.460 e. The van der Waals surface area contributed by atoms with E-state index in [9.17, 15) is 28.8 Å². The van der Waals surface area contributed by atoms with E-state index < -0.39 is 35.8 Å². The van der Waals surface area contributed by atoms with Gasteiger partial charge in [0.05, 0.1) is 106 Å². The summed E-state index contributed by atoms with van der Waals surface area (Å²) in [4.78, 5) is 64.7. The van der Waals surface area contributed by atoms with Gasteiger partial charge in [0.15, 0.2) is 0 Å². The molecule has 0 aliphatic heterocycles. The molecule has 0 heterocycles. The predicted molar refractivity (Wildman–Crippen MR) is 223 cm³/mol. The second-order valence-corrected chi connectivity index (χ2v) is 11.2. The third-order valence-electron chi connectivity index (χ3n) is 6.03. The van der Waals surface area contributed by atoms with Crippen molar-refractivity contribution in [1.82, 2.24) is 0 Å². The number of hydrogen-bond donors (Lipinski definition) is 0. The van der Waals surface area contributed by atoms with Gasteiger partial charge in [-0.2, -0.15) is 0 Å². The minimum absolute atomic E-state index is 0.182. The Bertz CT molecular complexity index is 1190. The SMILES string of the molecule is C=C(C)C(=O)OCCOCCOCCOCCOC(=O)C(=C)C.C=CC(=O)OCCOCCOCCOC(=O)C=C.C=CC(=O)OCCOCCOCCOCCOC(=O)C=C. The number of hydrogen-bond acceptors (Lipinski definition) is 20. The molecule has 20 nitrogen and oxygen atoms in total. The minimum Gasteiger partial charge on any atom is -0.460 e. The van der Waals surface area contributed by atoms with Gasteiger partial charge in [-0.25, -0.2) is 28.8 Å². The van der Waals surface area contributed by atoms with Crippen LogP contribution in [0.4, 0.5) is 0 Å². The molecule has 0 rings (SSSR count). The van der Waals surface area contributed by atoms with Gasteiger partial charge in [-0.05, 0) is 13.8 Å². The van der Waals surface area contributed by atoms with Crippen molar-refractivity contribution in [2.24, 2.45) is 0 Å². The Morgan fingerprint density at radius 1 is 0.290 bits per heavy atom. The van der Waals surface area contributed by atoms with Crippen LogP contribution < -0.4 is 0 Å². The summed E-state index contributed by atoms with van der Waals surface area (Å²) in [5, 5.41) is 0. The van der Waals surface area contributed by atoms with Crippen LogP contribution in [-0.2, 0) is 95.1 Å². The molecule has 0 aromatic rings. The molecule has 0 aliphatic carbocycles. The molecule has 0 aromatic heterocycles. The molecule has 0 aliphatic rings. The van der Waals surface area contributed by atoms with Crippen LogP contribution >= 0.6 is 0 Å². The van der Waals surface area contributed by atoms with Gasteiger partial charge < -0.3 is 66.3 Å². The van der Waals surface area contributed by atoms with Gasteiger partial charge in [-0.15, -0.1) is 0 Å². The molecule has 0 unspecified atom stereocenters. The summed E-state index contributed by atoms with van der Waals surface area (Å²) in [6, 6.07) is 0. The van der Waals surface area contributed by atoms with Crippen molar-refractivity contribution in [2.45, 2.75) is 13.8 Å². The number of esters is 6. The fourth-order valence-corrected chi connectivity index (χ4v) is 3.08. The zero-order valence-corrected chi connectivity index (χ0v) is 36.3. The lowest BCUT2D eigenvalue weighted by Crippen LogP contribution is -2.15. The lowest BCUT2D eigenvalue weighted by Gasteiger charge is -2.08. The highest BCUT2D eigenvalue weighted by atomic mass is 16.6. The molecule has 0 radical (unpaired) electrons. The Hall–Kier alpha value is -5.06. The van der Waals surface area contributed by atoms with E-state index in [-0.39, 0.29) is 39.6 Å². The van der Waals surface area contributed by atoms with Gasteiger partial charge in [0, 0.05) is 35.5 Å². The van der Waals surface area contributed by atoms with Gasteiger partial charge in [0.1, 0.15) is 39.6 Å². The van der Waals surface area contributed by atoms with E-state index in [1.807, 2.05) is 0 Å². The molecule has 354 valence electrons. The van der Waals surface area contributed by atoms with Crippen molar-refractivity contribution < 1.29 is 95.1 Å². The molecular weight excluding hydrogens is 824 g/mol. The second-order valence-electron chi connectivity index (χ2n) is 11.2. The predicted octanol–water partition coefficient (Wildman–Crippen LogP) is 2.25. The molecule has 0 fully saturated rings. The van der Waals surface area contributed by atoms with Crippen LogP contribution in [0.25, 0.3) is 0 Å². The molecule has 62 heavy (non-hydrogen) atoms. The fraction of sp³-hybridized carbons (Fsp3) is 0.571. The summed E-state index contributed by atoms with van der Waals surface area (Å²) in [7, 11) is 0. The summed E-state index contributed by atoms with van der Waals surface area (Å²) in [6.07, 6.45) is 4.38. The molecule has 0 spiro atoms. The van der Waals surface area contributed by atoms with Gasteiger partial charge in [0.2, 0.25) is 0 Å². The van der Waals surface area contributed by atoms with E-state index in [1.54, 1.807) is 13.8 Å². The lowest BCUT2D eigenvalue weighted by atomic mass is 10.4. The molecule has 0 saturated carbocycles. The first kappa shape index (κ1) is 61.2. The van der Waals surface area contributed by atoms with Gasteiger partial charge in [-0.1, -0.05) is 39.5 Å². The summed E-state index contributed by atoms with van der Waals surface area (Å²) in [5.74, 6) is -2.72. The molecule has 0 amide bonds. The molecule has 0 aromatic carbocycles. The van der Waals surface area contributed by atoms with Crippen molar-refractivity contribution in [3.63, 3.8) is 0 Å². The van der Waals surface area contributed by atoms with Crippen LogP contribution in [0, 0.1) is 0 Å². The molecule has 0 atom stereocenters. The number of carbonyl (C=O) groups excluding carboxylic acids is 6. The standard InChI is InChI=1S/C16H26O7.C14H22O7.C12H18O6/c1-13(2)15(17)22-11-9-20-7-5-19-6-8-21-10-12-23-16(18)14(3)4;1-3-13(15)20-11-9-18-7-5-17-6-8-19-10-12-21-14(16)4-2;1-3-11(13)17-9-7-15-5-6-16-8-10-18-12(14)4-2/h1,3,5-12H2,2,4H3;3-4H,1-2,5-12H2;3-4H,1-2,5-10H2. The van der Waals surface area contributed by atoms with Crippen molar-refractivity contribution in [3.05, 3.63) is 74.9 Å². The van der Waals surface area contributed by atoms with E-state index in [0.717, 1.165) is 24.3 Å². The van der Waals surface area contributed by atoms with Crippen molar-refractivity contribution in [2.75, 3.05) is 145 Å². The van der Waals surface area contributed by atoms with Crippen LogP contribution in [-0.4, -0.2) is 181 Å². The number of carbonyl (C=O) groups is 6. The van der Waals surface area contributed by atoms with E-state index in [1.165, 1.54) is 0 Å². The van der Waals surface area contributed by atoms with Crippen LogP contribution in [0.5, 0.6) is 0 Å². The first-order chi connectivity index (χ1) is 29.9.